The molecule has 0 amide bonds. The molecule has 1 aromatic carbocycles. The molecule has 0 aliphatic heterocycles. The van der Waals surface area contributed by atoms with Crippen LogP contribution in [-0.4, -0.2) is 34.4 Å². The molecular formula is C15H21N3O. The van der Waals surface area contributed by atoms with Gasteiger partial charge in [0, 0.05) is 25.6 Å². The number of benzene rings is 1. The average molecular weight is 259 g/mol. The number of nitrogens with zero attached hydrogens (tertiary/aromatic N) is 2. The van der Waals surface area contributed by atoms with Crippen molar-refractivity contribution in [1.82, 2.24) is 14.9 Å². The Kier molecular flexibility index (Phi) is 3.29. The number of aliphatic hydroxyl groups excluding tert-OH is 1. The maximum Gasteiger partial charge on any atom is 0.0955 e. The van der Waals surface area contributed by atoms with Gasteiger partial charge >= 0.3 is 0 Å². The number of nitrogens with one attached hydrogen (secondary N) is 1. The predicted molar refractivity (Wildman–Crippen MR) is 76.0 cm³/mol. The predicted octanol–water partition coefficient (Wildman–Crippen LogP) is 1.48. The van der Waals surface area contributed by atoms with Crippen LogP contribution in [0.4, 0.5) is 0 Å². The van der Waals surface area contributed by atoms with Crippen molar-refractivity contribution in [3.05, 3.63) is 30.1 Å². The minimum absolute atomic E-state index is 0.199. The summed E-state index contributed by atoms with van der Waals surface area (Å²) in [5, 5.41) is 12.7. The lowest BCUT2D eigenvalue weighted by molar-refractivity contribution is 0.208. The second-order valence-electron chi connectivity index (χ2n) is 5.76. The van der Waals surface area contributed by atoms with Crippen molar-refractivity contribution in [3.8, 4) is 0 Å². The molecule has 19 heavy (non-hydrogen) atoms. The molecule has 0 bridgehead atoms. The number of hydrogen-bond donors (Lipinski definition) is 2. The first kappa shape index (κ1) is 12.6. The van der Waals surface area contributed by atoms with E-state index < -0.39 is 0 Å². The van der Waals surface area contributed by atoms with Gasteiger partial charge in [-0.1, -0.05) is 6.07 Å². The zero-order chi connectivity index (χ0) is 13.3. The minimum atomic E-state index is 0.199. The zero-order valence-corrected chi connectivity index (χ0v) is 11.4. The lowest BCUT2D eigenvalue weighted by Crippen LogP contribution is -2.28. The van der Waals surface area contributed by atoms with E-state index in [1.807, 2.05) is 17.9 Å². The second kappa shape index (κ2) is 4.94. The molecule has 0 saturated heterocycles. The highest BCUT2D eigenvalue weighted by molar-refractivity contribution is 5.75. The van der Waals surface area contributed by atoms with Crippen molar-refractivity contribution in [2.75, 3.05) is 19.7 Å². The quantitative estimate of drug-likeness (QED) is 0.773. The summed E-state index contributed by atoms with van der Waals surface area (Å²) in [7, 11) is 2.01. The summed E-state index contributed by atoms with van der Waals surface area (Å²) in [5.74, 6) is 0. The van der Waals surface area contributed by atoms with Crippen LogP contribution in [0.5, 0.6) is 0 Å². The van der Waals surface area contributed by atoms with Gasteiger partial charge < -0.3 is 15.0 Å². The van der Waals surface area contributed by atoms with Gasteiger partial charge in [-0.3, -0.25) is 0 Å². The summed E-state index contributed by atoms with van der Waals surface area (Å²) in [6, 6.07) is 6.47. The van der Waals surface area contributed by atoms with Crippen LogP contribution >= 0.6 is 0 Å². The number of rotatable bonds is 6. The summed E-state index contributed by atoms with van der Waals surface area (Å²) in [5.41, 5.74) is 3.75. The molecule has 0 radical (unpaired) electrons. The summed E-state index contributed by atoms with van der Waals surface area (Å²) in [6.07, 6.45) is 5.19. The molecule has 1 aromatic heterocycles. The number of fused-ring (bicyclic) bond motifs is 1. The Balaban J connectivity index is 1.53. The van der Waals surface area contributed by atoms with E-state index in [4.69, 9.17) is 0 Å². The van der Waals surface area contributed by atoms with Crippen molar-refractivity contribution in [2.45, 2.75) is 19.3 Å². The number of aryl methyl sites for hydroxylation is 1. The van der Waals surface area contributed by atoms with Crippen LogP contribution < -0.4 is 5.32 Å². The topological polar surface area (TPSA) is 50.1 Å². The van der Waals surface area contributed by atoms with Crippen LogP contribution in [0.3, 0.4) is 0 Å². The molecule has 4 heteroatoms. The highest BCUT2D eigenvalue weighted by Gasteiger charge is 2.41. The van der Waals surface area contributed by atoms with Gasteiger partial charge in [-0.25, -0.2) is 4.98 Å². The first-order chi connectivity index (χ1) is 9.22. The van der Waals surface area contributed by atoms with Crippen molar-refractivity contribution in [2.24, 2.45) is 12.5 Å². The SMILES string of the molecule is Cn1cnc2cc(CCNCC3(CO)CC3)ccc21. The van der Waals surface area contributed by atoms with E-state index in [2.05, 4.69) is 28.5 Å². The van der Waals surface area contributed by atoms with Gasteiger partial charge in [-0.2, -0.15) is 0 Å². The Hall–Kier alpha value is -1.39. The van der Waals surface area contributed by atoms with Crippen LogP contribution in [0.15, 0.2) is 24.5 Å². The Morgan fingerprint density at radius 3 is 3.00 bits per heavy atom. The van der Waals surface area contributed by atoms with Gasteiger partial charge in [0.1, 0.15) is 0 Å². The fraction of sp³-hybridized carbons (Fsp3) is 0.533. The first-order valence-electron chi connectivity index (χ1n) is 6.94. The largest absolute Gasteiger partial charge is 0.396 e. The monoisotopic (exact) mass is 259 g/mol. The highest BCUT2D eigenvalue weighted by atomic mass is 16.3. The van der Waals surface area contributed by atoms with E-state index in [0.29, 0.717) is 6.61 Å². The molecule has 102 valence electrons. The average Bonchev–Trinajstić information content (AvgIpc) is 3.13. The molecule has 1 heterocycles. The summed E-state index contributed by atoms with van der Waals surface area (Å²) in [6.45, 7) is 2.22. The molecule has 2 N–H and O–H groups in total. The molecule has 4 nitrogen and oxygen atoms in total. The molecule has 1 fully saturated rings. The Morgan fingerprint density at radius 1 is 1.42 bits per heavy atom. The van der Waals surface area contributed by atoms with E-state index in [1.54, 1.807) is 0 Å². The maximum atomic E-state index is 9.24. The Morgan fingerprint density at radius 2 is 2.26 bits per heavy atom. The summed E-state index contributed by atoms with van der Waals surface area (Å²) >= 11 is 0. The molecule has 1 aliphatic carbocycles. The molecule has 0 spiro atoms. The number of aliphatic hydroxyl groups is 1. The van der Waals surface area contributed by atoms with Crippen LogP contribution in [-0.2, 0) is 13.5 Å². The third kappa shape index (κ3) is 2.65. The van der Waals surface area contributed by atoms with Gasteiger partial charge in [-0.05, 0) is 43.5 Å². The molecule has 3 rings (SSSR count). The molecule has 0 unspecified atom stereocenters. The van der Waals surface area contributed by atoms with Gasteiger partial charge in [0.2, 0.25) is 0 Å². The van der Waals surface area contributed by atoms with Crippen molar-refractivity contribution in [1.29, 1.82) is 0 Å². The summed E-state index contributed by atoms with van der Waals surface area (Å²) < 4.78 is 2.04. The van der Waals surface area contributed by atoms with Crippen LogP contribution in [0, 0.1) is 5.41 Å². The van der Waals surface area contributed by atoms with Gasteiger partial charge in [0.05, 0.1) is 17.4 Å². The van der Waals surface area contributed by atoms with E-state index in [-0.39, 0.29) is 5.41 Å². The number of hydrogen-bond acceptors (Lipinski definition) is 3. The van der Waals surface area contributed by atoms with Gasteiger partial charge in [0.15, 0.2) is 0 Å². The van der Waals surface area contributed by atoms with Crippen LogP contribution in [0.25, 0.3) is 11.0 Å². The second-order valence-corrected chi connectivity index (χ2v) is 5.76. The van der Waals surface area contributed by atoms with Crippen LogP contribution in [0.1, 0.15) is 18.4 Å². The third-order valence-corrected chi connectivity index (χ3v) is 4.17. The minimum Gasteiger partial charge on any atom is -0.396 e. The molecule has 0 atom stereocenters. The van der Waals surface area contributed by atoms with E-state index >= 15 is 0 Å². The van der Waals surface area contributed by atoms with E-state index in [1.165, 1.54) is 11.1 Å². The lowest BCUT2D eigenvalue weighted by Gasteiger charge is -2.12. The van der Waals surface area contributed by atoms with Crippen molar-refractivity contribution >= 4 is 11.0 Å². The Bertz CT molecular complexity index is 572. The first-order valence-corrected chi connectivity index (χ1v) is 6.94. The third-order valence-electron chi connectivity index (χ3n) is 4.17. The maximum absolute atomic E-state index is 9.24. The highest BCUT2D eigenvalue weighted by Crippen LogP contribution is 2.44. The number of imidazole rings is 1. The fourth-order valence-electron chi connectivity index (χ4n) is 2.49. The van der Waals surface area contributed by atoms with Crippen molar-refractivity contribution in [3.63, 3.8) is 0 Å². The van der Waals surface area contributed by atoms with Gasteiger partial charge in [0.25, 0.3) is 0 Å². The van der Waals surface area contributed by atoms with Gasteiger partial charge in [-0.15, -0.1) is 0 Å². The molecule has 2 aromatic rings. The van der Waals surface area contributed by atoms with Crippen LogP contribution in [0.2, 0.25) is 0 Å². The molecule has 1 aliphatic rings. The lowest BCUT2D eigenvalue weighted by atomic mass is 10.1. The molecule has 1 saturated carbocycles. The fourth-order valence-corrected chi connectivity index (χ4v) is 2.49. The summed E-state index contributed by atoms with van der Waals surface area (Å²) in [4.78, 5) is 4.38. The standard InChI is InChI=1S/C15H21N3O/c1-18-11-17-13-8-12(2-3-14(13)18)4-7-16-9-15(10-19)5-6-15/h2-3,8,11,16,19H,4-7,9-10H2,1H3. The smallest absolute Gasteiger partial charge is 0.0955 e. The number of aromatic nitrogens is 2. The van der Waals surface area contributed by atoms with Crippen molar-refractivity contribution < 1.29 is 5.11 Å². The normalized spacial score (nSPS) is 16.9. The Labute approximate surface area is 113 Å². The zero-order valence-electron chi connectivity index (χ0n) is 11.4. The van der Waals surface area contributed by atoms with E-state index in [0.717, 1.165) is 37.9 Å². The van der Waals surface area contributed by atoms with E-state index in [9.17, 15) is 5.11 Å². The molecular weight excluding hydrogens is 238 g/mol.